The normalized spacial score (nSPS) is 19.3. The number of esters is 1. The van der Waals surface area contributed by atoms with Gasteiger partial charge in [-0.2, -0.15) is 18.3 Å². The van der Waals surface area contributed by atoms with E-state index in [4.69, 9.17) is 9.84 Å². The fourth-order valence-electron chi connectivity index (χ4n) is 8.57. The maximum Gasteiger partial charge on any atom is 0.451 e. The summed E-state index contributed by atoms with van der Waals surface area (Å²) < 4.78 is 49.2. The summed E-state index contributed by atoms with van der Waals surface area (Å²) in [5.41, 5.74) is 6.59. The van der Waals surface area contributed by atoms with Crippen molar-refractivity contribution in [2.75, 3.05) is 43.9 Å². The minimum Gasteiger partial charge on any atom is -0.469 e. The number of carbonyl (C=O) groups is 2. The van der Waals surface area contributed by atoms with Crippen molar-refractivity contribution in [1.29, 1.82) is 0 Å². The third-order valence-electron chi connectivity index (χ3n) is 11.7. The van der Waals surface area contributed by atoms with Gasteiger partial charge in [0.25, 0.3) is 5.91 Å². The number of hydrogen-bond acceptors (Lipinski definition) is 11. The average Bonchev–Trinajstić information content (AvgIpc) is 3.84. The first-order valence-electron chi connectivity index (χ1n) is 19.7. The van der Waals surface area contributed by atoms with Gasteiger partial charge in [0, 0.05) is 43.8 Å². The lowest BCUT2D eigenvalue weighted by molar-refractivity contribution is -0.147. The highest BCUT2D eigenvalue weighted by Crippen LogP contribution is 2.38. The summed E-state index contributed by atoms with van der Waals surface area (Å²) in [6, 6.07) is 14.7. The van der Waals surface area contributed by atoms with Crippen molar-refractivity contribution in [2.45, 2.75) is 77.4 Å². The monoisotopic (exact) mass is 797 g/mol. The lowest BCUT2D eigenvalue weighted by Gasteiger charge is -2.38. The first-order valence-corrected chi connectivity index (χ1v) is 19.7. The largest absolute Gasteiger partial charge is 0.469 e. The van der Waals surface area contributed by atoms with Crippen LogP contribution < -0.4 is 10.6 Å². The quantitative estimate of drug-likeness (QED) is 0.135. The second-order valence-electron chi connectivity index (χ2n) is 15.5. The molecular weight excluding hydrogens is 752 g/mol. The van der Waals surface area contributed by atoms with E-state index in [1.54, 1.807) is 18.3 Å². The van der Waals surface area contributed by atoms with Crippen LogP contribution in [0.5, 0.6) is 0 Å². The van der Waals surface area contributed by atoms with Crippen LogP contribution in [0.2, 0.25) is 0 Å². The molecule has 3 aromatic heterocycles. The van der Waals surface area contributed by atoms with E-state index in [1.807, 2.05) is 59.8 Å². The van der Waals surface area contributed by atoms with Crippen molar-refractivity contribution < 1.29 is 32.6 Å². The predicted octanol–water partition coefficient (Wildman–Crippen LogP) is 6.81. The highest BCUT2D eigenvalue weighted by molar-refractivity contribution is 6.04. The summed E-state index contributed by atoms with van der Waals surface area (Å²) >= 11 is 0. The molecule has 13 nitrogen and oxygen atoms in total. The van der Waals surface area contributed by atoms with E-state index in [-0.39, 0.29) is 40.7 Å². The molecule has 0 spiro atoms. The number of halogens is 3. The number of β-amino-alcohol motifs (C(OH)–C–C–N with tert-alkyl or cyclic N) is 1. The SMILES string of the molecule is COC(=O)C1CCN([C@@H]2CCCn3nc(C(=O)Nc4cccc(-c5cccc(Nc6nc(C(F)(F)F)nc7cc(CN8CC[C@@H](O)C8)cnc67)c5C)c4C)cc32)CC1. The van der Waals surface area contributed by atoms with Crippen molar-refractivity contribution >= 4 is 40.1 Å². The van der Waals surface area contributed by atoms with Crippen LogP contribution in [0.3, 0.4) is 0 Å². The fraction of sp³-hybridized carbons (Fsp3) is 0.429. The zero-order valence-corrected chi connectivity index (χ0v) is 32.6. The third kappa shape index (κ3) is 8.00. The van der Waals surface area contributed by atoms with E-state index in [1.165, 1.54) is 7.11 Å². The zero-order chi connectivity index (χ0) is 40.7. The molecule has 3 aliphatic rings. The molecule has 3 aliphatic heterocycles. The first-order chi connectivity index (χ1) is 27.9. The second-order valence-corrected chi connectivity index (χ2v) is 15.5. The molecule has 2 aromatic carbocycles. The number of methoxy groups -OCH3 is 1. The minimum atomic E-state index is -4.79. The number of aliphatic hydroxyl groups excluding tert-OH is 1. The Morgan fingerprint density at radius 1 is 0.931 bits per heavy atom. The number of aliphatic hydroxyl groups is 1. The van der Waals surface area contributed by atoms with Crippen molar-refractivity contribution in [3.05, 3.63) is 88.6 Å². The lowest BCUT2D eigenvalue weighted by atomic mass is 9.93. The number of amides is 1. The van der Waals surface area contributed by atoms with Gasteiger partial charge in [0.15, 0.2) is 11.5 Å². The molecule has 0 aliphatic carbocycles. The van der Waals surface area contributed by atoms with Crippen LogP contribution in [-0.4, -0.2) is 90.9 Å². The number of nitrogens with zero attached hydrogens (tertiary/aromatic N) is 7. The van der Waals surface area contributed by atoms with Crippen LogP contribution in [0.4, 0.5) is 30.4 Å². The topological polar surface area (TPSA) is 151 Å². The van der Waals surface area contributed by atoms with Gasteiger partial charge in [-0.3, -0.25) is 29.1 Å². The number of likely N-dealkylation sites (tertiary alicyclic amines) is 2. The molecule has 0 saturated carbocycles. The first kappa shape index (κ1) is 39.4. The number of alkyl halides is 3. The van der Waals surface area contributed by atoms with Gasteiger partial charge in [0.05, 0.1) is 36.4 Å². The standard InChI is InChI=1S/C42H46F3N9O4/c1-24-29(7-4-9-31(24)47-38-37-33(49-41(50-38)42(43,44)45)19-26(21-46-37)22-52-16-14-28(55)23-52)30-8-5-10-32(25(30)2)48-39(56)34-20-36-35(11-6-15-54(36)51-34)53-17-12-27(13-18-53)40(57)58-3/h4-5,7-10,19-21,27-28,35,55H,6,11-18,22-23H2,1-3H3,(H,48,56)(H,47,49,50)/t28-,35-/m1/s1. The summed E-state index contributed by atoms with van der Waals surface area (Å²) in [6.45, 7) is 7.65. The van der Waals surface area contributed by atoms with E-state index in [0.29, 0.717) is 48.7 Å². The maximum atomic E-state index is 14.1. The van der Waals surface area contributed by atoms with Gasteiger partial charge in [0.2, 0.25) is 5.82 Å². The third-order valence-corrected chi connectivity index (χ3v) is 11.7. The average molecular weight is 798 g/mol. The lowest BCUT2D eigenvalue weighted by Crippen LogP contribution is -2.40. The Morgan fingerprint density at radius 3 is 2.34 bits per heavy atom. The molecule has 1 amide bonds. The maximum absolute atomic E-state index is 14.1. The molecule has 8 rings (SSSR count). The number of aryl methyl sites for hydroxylation is 1. The number of aromatic nitrogens is 5. The van der Waals surface area contributed by atoms with Crippen molar-refractivity contribution in [3.63, 3.8) is 0 Å². The van der Waals surface area contributed by atoms with E-state index in [0.717, 1.165) is 73.3 Å². The summed E-state index contributed by atoms with van der Waals surface area (Å²) in [5.74, 6) is -1.93. The Balaban J connectivity index is 1.02. The number of ether oxygens (including phenoxy) is 1. The molecule has 0 unspecified atom stereocenters. The smallest absolute Gasteiger partial charge is 0.451 e. The number of piperidine rings is 1. The summed E-state index contributed by atoms with van der Waals surface area (Å²) in [5, 5.41) is 20.8. The van der Waals surface area contributed by atoms with Crippen LogP contribution in [0.25, 0.3) is 22.2 Å². The highest BCUT2D eigenvalue weighted by atomic mass is 19.4. The molecule has 2 fully saturated rings. The van der Waals surface area contributed by atoms with E-state index in [2.05, 4.69) is 30.5 Å². The van der Waals surface area contributed by atoms with Gasteiger partial charge in [-0.25, -0.2) is 9.97 Å². The molecule has 2 atom stereocenters. The number of nitrogens with one attached hydrogen (secondary N) is 2. The number of rotatable bonds is 9. The molecular formula is C42H46F3N9O4. The van der Waals surface area contributed by atoms with Crippen LogP contribution in [0, 0.1) is 19.8 Å². The predicted molar refractivity (Wildman–Crippen MR) is 211 cm³/mol. The fourth-order valence-corrected chi connectivity index (χ4v) is 8.57. The van der Waals surface area contributed by atoms with Crippen LogP contribution in [-0.2, 0) is 28.8 Å². The van der Waals surface area contributed by atoms with E-state index >= 15 is 0 Å². The minimum absolute atomic E-state index is 0.0597. The van der Waals surface area contributed by atoms with Crippen molar-refractivity contribution in [2.24, 2.45) is 5.92 Å². The molecule has 3 N–H and O–H groups in total. The molecule has 2 saturated heterocycles. The van der Waals surface area contributed by atoms with Gasteiger partial charge in [0.1, 0.15) is 5.52 Å². The highest BCUT2D eigenvalue weighted by Gasteiger charge is 2.37. The van der Waals surface area contributed by atoms with Gasteiger partial charge in [-0.15, -0.1) is 0 Å². The Bertz CT molecular complexity index is 2360. The molecule has 0 radical (unpaired) electrons. The number of carbonyl (C=O) groups excluding carboxylic acids is 2. The summed E-state index contributed by atoms with van der Waals surface area (Å²) in [7, 11) is 1.43. The number of benzene rings is 2. The van der Waals surface area contributed by atoms with Gasteiger partial charge >= 0.3 is 12.1 Å². The van der Waals surface area contributed by atoms with Gasteiger partial charge in [-0.05, 0) is 111 Å². The van der Waals surface area contributed by atoms with Crippen LogP contribution in [0.1, 0.15) is 76.8 Å². The van der Waals surface area contributed by atoms with E-state index in [9.17, 15) is 27.9 Å². The van der Waals surface area contributed by atoms with Gasteiger partial charge in [-0.1, -0.05) is 24.3 Å². The Morgan fingerprint density at radius 2 is 1.66 bits per heavy atom. The molecule has 6 heterocycles. The zero-order valence-electron chi connectivity index (χ0n) is 32.6. The molecule has 16 heteroatoms. The Hall–Kier alpha value is -5.45. The van der Waals surface area contributed by atoms with E-state index < -0.39 is 18.1 Å². The van der Waals surface area contributed by atoms with Crippen molar-refractivity contribution in [3.8, 4) is 11.1 Å². The molecule has 0 bridgehead atoms. The van der Waals surface area contributed by atoms with Crippen LogP contribution in [0.15, 0.2) is 54.7 Å². The second kappa shape index (κ2) is 16.1. The van der Waals surface area contributed by atoms with Crippen LogP contribution >= 0.6 is 0 Å². The van der Waals surface area contributed by atoms with Gasteiger partial charge < -0.3 is 20.5 Å². The number of pyridine rings is 1. The molecule has 304 valence electrons. The number of fused-ring (bicyclic) bond motifs is 2. The Kier molecular flexibility index (Phi) is 10.9. The summed E-state index contributed by atoms with van der Waals surface area (Å²) in [4.78, 5) is 42.5. The number of anilines is 3. The Labute approximate surface area is 333 Å². The molecule has 5 aromatic rings. The van der Waals surface area contributed by atoms with Crippen molar-refractivity contribution in [1.82, 2.24) is 34.5 Å². The summed E-state index contributed by atoms with van der Waals surface area (Å²) in [6.07, 6.45) is 0.388. The number of hydrogen-bond donors (Lipinski definition) is 3. The molecule has 58 heavy (non-hydrogen) atoms.